The van der Waals surface area contributed by atoms with Gasteiger partial charge in [-0.2, -0.15) is 0 Å². The standard InChI is InChI=1S/C15H26N2O3/c1-15(2,7-10-18)16-13(19)11-5-8-17(9-6-11)14(20)12-3-4-12/h11-12,18H,3-10H2,1-2H3,(H,16,19). The summed E-state index contributed by atoms with van der Waals surface area (Å²) in [4.78, 5) is 26.1. The van der Waals surface area contributed by atoms with Crippen molar-refractivity contribution < 1.29 is 14.7 Å². The molecule has 0 aromatic rings. The molecule has 0 aromatic carbocycles. The highest BCUT2D eigenvalue weighted by atomic mass is 16.3. The lowest BCUT2D eigenvalue weighted by molar-refractivity contribution is -0.137. The number of aliphatic hydroxyl groups excluding tert-OH is 1. The molecule has 0 aromatic heterocycles. The average molecular weight is 282 g/mol. The van der Waals surface area contributed by atoms with E-state index in [0.717, 1.165) is 25.7 Å². The van der Waals surface area contributed by atoms with Crippen LogP contribution in [0.3, 0.4) is 0 Å². The van der Waals surface area contributed by atoms with Gasteiger partial charge in [-0.15, -0.1) is 0 Å². The van der Waals surface area contributed by atoms with Gasteiger partial charge in [0.05, 0.1) is 0 Å². The quantitative estimate of drug-likeness (QED) is 0.787. The normalized spacial score (nSPS) is 20.9. The summed E-state index contributed by atoms with van der Waals surface area (Å²) in [5.41, 5.74) is -0.368. The first-order valence-corrected chi connectivity index (χ1v) is 7.64. The van der Waals surface area contributed by atoms with Crippen molar-refractivity contribution in [2.45, 2.75) is 51.5 Å². The predicted molar refractivity (Wildman–Crippen MR) is 76.0 cm³/mol. The number of likely N-dealkylation sites (tertiary alicyclic amines) is 1. The summed E-state index contributed by atoms with van der Waals surface area (Å²) in [6.45, 7) is 5.32. The molecule has 0 unspecified atom stereocenters. The van der Waals surface area contributed by atoms with Crippen molar-refractivity contribution in [2.24, 2.45) is 11.8 Å². The Labute approximate surface area is 120 Å². The Kier molecular flexibility index (Phi) is 4.68. The Morgan fingerprint density at radius 3 is 2.25 bits per heavy atom. The first-order valence-electron chi connectivity index (χ1n) is 7.64. The largest absolute Gasteiger partial charge is 0.396 e. The van der Waals surface area contributed by atoms with E-state index in [1.807, 2.05) is 18.7 Å². The lowest BCUT2D eigenvalue weighted by Gasteiger charge is -2.34. The second kappa shape index (κ2) is 6.12. The van der Waals surface area contributed by atoms with Crippen molar-refractivity contribution >= 4 is 11.8 Å². The second-order valence-electron chi connectivity index (χ2n) is 6.72. The number of hydrogen-bond donors (Lipinski definition) is 2. The van der Waals surface area contributed by atoms with E-state index in [4.69, 9.17) is 5.11 Å². The fraction of sp³-hybridized carbons (Fsp3) is 0.867. The van der Waals surface area contributed by atoms with Crippen molar-refractivity contribution in [1.82, 2.24) is 10.2 Å². The number of rotatable bonds is 5. The van der Waals surface area contributed by atoms with Gasteiger partial charge in [-0.05, 0) is 46.0 Å². The molecule has 1 aliphatic heterocycles. The van der Waals surface area contributed by atoms with Crippen molar-refractivity contribution in [2.75, 3.05) is 19.7 Å². The van der Waals surface area contributed by atoms with E-state index in [1.165, 1.54) is 0 Å². The van der Waals surface area contributed by atoms with Gasteiger partial charge in [0.25, 0.3) is 0 Å². The van der Waals surface area contributed by atoms with Crippen LogP contribution in [0.4, 0.5) is 0 Å². The molecule has 20 heavy (non-hydrogen) atoms. The smallest absolute Gasteiger partial charge is 0.225 e. The number of carbonyl (C=O) groups is 2. The number of aliphatic hydroxyl groups is 1. The Morgan fingerprint density at radius 2 is 1.75 bits per heavy atom. The van der Waals surface area contributed by atoms with Gasteiger partial charge in [0.15, 0.2) is 0 Å². The molecule has 2 aliphatic rings. The van der Waals surface area contributed by atoms with E-state index < -0.39 is 0 Å². The first-order chi connectivity index (χ1) is 9.43. The molecule has 2 rings (SSSR count). The van der Waals surface area contributed by atoms with Crippen molar-refractivity contribution in [3.8, 4) is 0 Å². The van der Waals surface area contributed by atoms with Gasteiger partial charge in [0, 0.05) is 37.1 Å². The third-order valence-electron chi connectivity index (χ3n) is 4.30. The lowest BCUT2D eigenvalue weighted by atomic mass is 9.93. The van der Waals surface area contributed by atoms with Crippen LogP contribution in [0, 0.1) is 11.8 Å². The zero-order valence-electron chi connectivity index (χ0n) is 12.5. The third kappa shape index (κ3) is 3.95. The van der Waals surface area contributed by atoms with Crippen LogP contribution in [0.2, 0.25) is 0 Å². The Morgan fingerprint density at radius 1 is 1.15 bits per heavy atom. The van der Waals surface area contributed by atoms with Crippen LogP contribution < -0.4 is 5.32 Å². The number of nitrogens with zero attached hydrogens (tertiary/aromatic N) is 1. The molecule has 114 valence electrons. The molecule has 5 nitrogen and oxygen atoms in total. The van der Waals surface area contributed by atoms with Crippen molar-refractivity contribution in [1.29, 1.82) is 0 Å². The van der Waals surface area contributed by atoms with Gasteiger partial charge in [0.2, 0.25) is 11.8 Å². The van der Waals surface area contributed by atoms with Gasteiger partial charge in [-0.1, -0.05) is 0 Å². The summed E-state index contributed by atoms with van der Waals surface area (Å²) in [7, 11) is 0. The van der Waals surface area contributed by atoms with E-state index in [1.54, 1.807) is 0 Å². The van der Waals surface area contributed by atoms with Crippen LogP contribution in [0.25, 0.3) is 0 Å². The zero-order valence-corrected chi connectivity index (χ0v) is 12.5. The summed E-state index contributed by atoms with van der Waals surface area (Å²) < 4.78 is 0. The van der Waals surface area contributed by atoms with Crippen LogP contribution >= 0.6 is 0 Å². The number of amides is 2. The highest BCUT2D eigenvalue weighted by molar-refractivity contribution is 5.82. The maximum Gasteiger partial charge on any atom is 0.225 e. The Balaban J connectivity index is 1.78. The monoisotopic (exact) mass is 282 g/mol. The van der Waals surface area contributed by atoms with Gasteiger partial charge in [0.1, 0.15) is 0 Å². The average Bonchev–Trinajstić information content (AvgIpc) is 3.21. The summed E-state index contributed by atoms with van der Waals surface area (Å²) >= 11 is 0. The summed E-state index contributed by atoms with van der Waals surface area (Å²) in [5, 5.41) is 12.0. The van der Waals surface area contributed by atoms with Gasteiger partial charge < -0.3 is 15.3 Å². The Hall–Kier alpha value is -1.10. The van der Waals surface area contributed by atoms with Gasteiger partial charge >= 0.3 is 0 Å². The summed E-state index contributed by atoms with van der Waals surface area (Å²) in [6, 6.07) is 0. The minimum absolute atomic E-state index is 0.00350. The molecular formula is C15H26N2O3. The minimum Gasteiger partial charge on any atom is -0.396 e. The molecule has 5 heteroatoms. The maximum atomic E-state index is 12.2. The fourth-order valence-corrected chi connectivity index (χ4v) is 2.73. The van der Waals surface area contributed by atoms with Crippen LogP contribution in [-0.2, 0) is 9.59 Å². The highest BCUT2D eigenvalue weighted by Crippen LogP contribution is 2.32. The maximum absolute atomic E-state index is 12.2. The van der Waals surface area contributed by atoms with E-state index in [2.05, 4.69) is 5.32 Å². The highest BCUT2D eigenvalue weighted by Gasteiger charge is 2.36. The molecule has 0 bridgehead atoms. The number of hydrogen-bond acceptors (Lipinski definition) is 3. The molecular weight excluding hydrogens is 256 g/mol. The Bertz CT molecular complexity index is 369. The van der Waals surface area contributed by atoms with E-state index in [9.17, 15) is 9.59 Å². The molecule has 2 fully saturated rings. The molecule has 1 aliphatic carbocycles. The predicted octanol–water partition coefficient (Wildman–Crippen LogP) is 0.912. The van der Waals surface area contributed by atoms with Crippen LogP contribution in [-0.4, -0.2) is 47.1 Å². The van der Waals surface area contributed by atoms with Crippen molar-refractivity contribution in [3.63, 3.8) is 0 Å². The third-order valence-corrected chi connectivity index (χ3v) is 4.30. The second-order valence-corrected chi connectivity index (χ2v) is 6.72. The fourth-order valence-electron chi connectivity index (χ4n) is 2.73. The molecule has 2 N–H and O–H groups in total. The topological polar surface area (TPSA) is 69.6 Å². The lowest BCUT2D eigenvalue weighted by Crippen LogP contribution is -2.49. The first kappa shape index (κ1) is 15.3. The molecule has 1 saturated heterocycles. The van der Waals surface area contributed by atoms with Gasteiger partial charge in [-0.3, -0.25) is 9.59 Å². The minimum atomic E-state index is -0.368. The number of carbonyl (C=O) groups excluding carboxylic acids is 2. The van der Waals surface area contributed by atoms with Crippen LogP contribution in [0.5, 0.6) is 0 Å². The van der Waals surface area contributed by atoms with E-state index in [-0.39, 0.29) is 35.8 Å². The molecule has 1 saturated carbocycles. The van der Waals surface area contributed by atoms with E-state index >= 15 is 0 Å². The summed E-state index contributed by atoms with van der Waals surface area (Å²) in [5.74, 6) is 0.603. The van der Waals surface area contributed by atoms with Crippen LogP contribution in [0.15, 0.2) is 0 Å². The molecule has 2 amide bonds. The summed E-state index contributed by atoms with van der Waals surface area (Å²) in [6.07, 6.45) is 4.12. The SMILES string of the molecule is CC(C)(CCO)NC(=O)C1CCN(C(=O)C2CC2)CC1. The molecule has 0 spiro atoms. The molecule has 1 heterocycles. The number of nitrogens with one attached hydrogen (secondary N) is 1. The van der Waals surface area contributed by atoms with Crippen molar-refractivity contribution in [3.05, 3.63) is 0 Å². The molecule has 0 atom stereocenters. The van der Waals surface area contributed by atoms with Crippen LogP contribution in [0.1, 0.15) is 46.0 Å². The zero-order chi connectivity index (χ0) is 14.8. The number of piperidine rings is 1. The van der Waals surface area contributed by atoms with Gasteiger partial charge in [-0.25, -0.2) is 0 Å². The molecule has 0 radical (unpaired) electrons. The van der Waals surface area contributed by atoms with E-state index in [0.29, 0.717) is 19.5 Å².